The molecule has 0 bridgehead atoms. The monoisotopic (exact) mass is 519 g/mol. The molecule has 0 heterocycles. The van der Waals surface area contributed by atoms with E-state index in [0.717, 1.165) is 22.5 Å². The largest absolute Gasteiger partial charge is 0.497 e. The molecule has 2 rings (SSSR count). The van der Waals surface area contributed by atoms with Crippen LogP contribution in [0, 0.1) is 0 Å². The summed E-state index contributed by atoms with van der Waals surface area (Å²) in [6.45, 7) is 5.35. The molecule has 36 heavy (non-hydrogen) atoms. The number of sulfonamides is 1. The van der Waals surface area contributed by atoms with Crippen LogP contribution in [0.2, 0.25) is 0 Å². The summed E-state index contributed by atoms with van der Waals surface area (Å²) in [7, 11) is -0.771. The van der Waals surface area contributed by atoms with Crippen molar-refractivity contribution in [3.05, 3.63) is 54.1 Å². The van der Waals surface area contributed by atoms with Gasteiger partial charge in [-0.25, -0.2) is 8.42 Å². The molecular weight excluding hydrogens is 482 g/mol. The highest BCUT2D eigenvalue weighted by atomic mass is 32.2. The Bertz CT molecular complexity index is 1120. The molecule has 9 nitrogen and oxygen atoms in total. The Kier molecular flexibility index (Phi) is 10.6. The lowest BCUT2D eigenvalue weighted by Crippen LogP contribution is -2.53. The second kappa shape index (κ2) is 13.2. The quantitative estimate of drug-likeness (QED) is 0.436. The van der Waals surface area contributed by atoms with E-state index >= 15 is 0 Å². The van der Waals surface area contributed by atoms with E-state index in [1.165, 1.54) is 12.0 Å². The van der Waals surface area contributed by atoms with Gasteiger partial charge in [0.1, 0.15) is 24.1 Å². The molecule has 2 aromatic carbocycles. The van der Waals surface area contributed by atoms with E-state index in [0.29, 0.717) is 23.6 Å². The molecule has 2 amide bonds. The first-order valence-electron chi connectivity index (χ1n) is 11.9. The predicted molar refractivity (Wildman–Crippen MR) is 141 cm³/mol. The lowest BCUT2D eigenvalue weighted by Gasteiger charge is -2.33. The van der Waals surface area contributed by atoms with Gasteiger partial charge in [-0.15, -0.1) is 0 Å². The van der Waals surface area contributed by atoms with E-state index < -0.39 is 28.5 Å². The van der Waals surface area contributed by atoms with Crippen molar-refractivity contribution in [2.24, 2.45) is 0 Å². The fraction of sp³-hybridized carbons (Fsp3) is 0.462. The SMILES string of the molecule is CC[C@H](C)NC(=O)[C@H](CC)N(Cc1ccc(OC)cc1)C(=O)CN(c1cccc(OC)c1)S(C)(=O)=O. The molecule has 2 atom stereocenters. The molecule has 10 heteroatoms. The first-order valence-corrected chi connectivity index (χ1v) is 13.7. The molecule has 0 unspecified atom stereocenters. The van der Waals surface area contributed by atoms with Gasteiger partial charge in [-0.05, 0) is 49.6 Å². The molecular formula is C26H37N3O6S. The lowest BCUT2D eigenvalue weighted by molar-refractivity contribution is -0.140. The highest BCUT2D eigenvalue weighted by Gasteiger charge is 2.32. The van der Waals surface area contributed by atoms with Gasteiger partial charge in [0.2, 0.25) is 21.8 Å². The van der Waals surface area contributed by atoms with Gasteiger partial charge in [-0.1, -0.05) is 32.0 Å². The molecule has 0 radical (unpaired) electrons. The van der Waals surface area contributed by atoms with E-state index in [9.17, 15) is 18.0 Å². The Hall–Kier alpha value is -3.27. The second-order valence-electron chi connectivity index (χ2n) is 8.58. The number of nitrogens with one attached hydrogen (secondary N) is 1. The maximum atomic E-state index is 13.7. The number of benzene rings is 2. The third-order valence-corrected chi connectivity index (χ3v) is 7.06. The van der Waals surface area contributed by atoms with Crippen molar-refractivity contribution < 1.29 is 27.5 Å². The number of anilines is 1. The summed E-state index contributed by atoms with van der Waals surface area (Å²) in [6, 6.07) is 12.8. The van der Waals surface area contributed by atoms with Crippen LogP contribution in [0.3, 0.4) is 0 Å². The fourth-order valence-corrected chi connectivity index (χ4v) is 4.51. The summed E-state index contributed by atoms with van der Waals surface area (Å²) < 4.78 is 36.9. The number of carbonyl (C=O) groups excluding carboxylic acids is 2. The Balaban J connectivity index is 2.44. The molecule has 0 saturated carbocycles. The molecule has 198 valence electrons. The van der Waals surface area contributed by atoms with Gasteiger partial charge in [0.05, 0.1) is 26.2 Å². The zero-order chi connectivity index (χ0) is 26.9. The van der Waals surface area contributed by atoms with Gasteiger partial charge < -0.3 is 19.7 Å². The van der Waals surface area contributed by atoms with Gasteiger partial charge in [0.25, 0.3) is 0 Å². The van der Waals surface area contributed by atoms with Crippen LogP contribution in [0.25, 0.3) is 0 Å². The molecule has 0 aliphatic heterocycles. The maximum Gasteiger partial charge on any atom is 0.244 e. The van der Waals surface area contributed by atoms with Crippen LogP contribution in [-0.4, -0.2) is 64.2 Å². The van der Waals surface area contributed by atoms with Crippen LogP contribution >= 0.6 is 0 Å². The summed E-state index contributed by atoms with van der Waals surface area (Å²) in [5, 5.41) is 2.95. The maximum absolute atomic E-state index is 13.7. The molecule has 0 aromatic heterocycles. The van der Waals surface area contributed by atoms with Gasteiger partial charge in [-0.3, -0.25) is 13.9 Å². The molecule has 0 aliphatic rings. The normalized spacial score (nSPS) is 12.8. The Morgan fingerprint density at radius 1 is 0.972 bits per heavy atom. The molecule has 0 aliphatic carbocycles. The smallest absolute Gasteiger partial charge is 0.244 e. The zero-order valence-corrected chi connectivity index (χ0v) is 22.7. The average Bonchev–Trinajstić information content (AvgIpc) is 2.86. The van der Waals surface area contributed by atoms with Gasteiger partial charge >= 0.3 is 0 Å². The van der Waals surface area contributed by atoms with Crippen molar-refractivity contribution >= 4 is 27.5 Å². The summed E-state index contributed by atoms with van der Waals surface area (Å²) in [6.07, 6.45) is 2.15. The van der Waals surface area contributed by atoms with Crippen molar-refractivity contribution in [3.63, 3.8) is 0 Å². The molecule has 1 N–H and O–H groups in total. The predicted octanol–water partition coefficient (Wildman–Crippen LogP) is 3.19. The minimum Gasteiger partial charge on any atom is -0.497 e. The fourth-order valence-electron chi connectivity index (χ4n) is 3.67. The van der Waals surface area contributed by atoms with Gasteiger partial charge in [0.15, 0.2) is 0 Å². The molecule has 0 saturated heterocycles. The van der Waals surface area contributed by atoms with Crippen LogP contribution in [0.1, 0.15) is 39.2 Å². The molecule has 2 aromatic rings. The van der Waals surface area contributed by atoms with Crippen molar-refractivity contribution in [3.8, 4) is 11.5 Å². The van der Waals surface area contributed by atoms with Crippen LogP contribution in [0.5, 0.6) is 11.5 Å². The summed E-state index contributed by atoms with van der Waals surface area (Å²) in [5.41, 5.74) is 1.08. The van der Waals surface area contributed by atoms with Crippen molar-refractivity contribution in [2.45, 2.75) is 52.2 Å². The Morgan fingerprint density at radius 2 is 1.61 bits per heavy atom. The van der Waals surface area contributed by atoms with E-state index in [1.807, 2.05) is 32.9 Å². The number of ether oxygens (including phenoxy) is 2. The molecule has 0 fully saturated rings. The molecule has 0 spiro atoms. The number of hydrogen-bond acceptors (Lipinski definition) is 6. The number of rotatable bonds is 13. The summed E-state index contributed by atoms with van der Waals surface area (Å²) >= 11 is 0. The zero-order valence-electron chi connectivity index (χ0n) is 21.9. The van der Waals surface area contributed by atoms with E-state index in [-0.39, 0.29) is 18.5 Å². The Labute approximate surface area is 214 Å². The van der Waals surface area contributed by atoms with E-state index in [4.69, 9.17) is 9.47 Å². The number of methoxy groups -OCH3 is 2. The highest BCUT2D eigenvalue weighted by molar-refractivity contribution is 7.92. The van der Waals surface area contributed by atoms with Gasteiger partial charge in [-0.2, -0.15) is 0 Å². The van der Waals surface area contributed by atoms with Crippen LogP contribution in [0.15, 0.2) is 48.5 Å². The van der Waals surface area contributed by atoms with Crippen molar-refractivity contribution in [2.75, 3.05) is 31.3 Å². The average molecular weight is 520 g/mol. The highest BCUT2D eigenvalue weighted by Crippen LogP contribution is 2.24. The van der Waals surface area contributed by atoms with Gasteiger partial charge in [0, 0.05) is 18.7 Å². The van der Waals surface area contributed by atoms with Crippen molar-refractivity contribution in [1.82, 2.24) is 10.2 Å². The van der Waals surface area contributed by atoms with Crippen LogP contribution in [0.4, 0.5) is 5.69 Å². The van der Waals surface area contributed by atoms with Crippen molar-refractivity contribution in [1.29, 1.82) is 0 Å². The number of hydrogen-bond donors (Lipinski definition) is 1. The number of nitrogens with zero attached hydrogens (tertiary/aromatic N) is 2. The van der Waals surface area contributed by atoms with E-state index in [2.05, 4.69) is 5.32 Å². The topological polar surface area (TPSA) is 105 Å². The Morgan fingerprint density at radius 3 is 2.14 bits per heavy atom. The third kappa shape index (κ3) is 7.87. The van der Waals surface area contributed by atoms with Crippen LogP contribution in [-0.2, 0) is 26.2 Å². The van der Waals surface area contributed by atoms with E-state index in [1.54, 1.807) is 43.5 Å². The van der Waals surface area contributed by atoms with Crippen LogP contribution < -0.4 is 19.1 Å². The minimum atomic E-state index is -3.82. The number of amides is 2. The lowest BCUT2D eigenvalue weighted by atomic mass is 10.1. The standard InChI is InChI=1S/C26H37N3O6S/c1-7-19(3)27-26(31)24(8-2)28(17-20-12-14-22(34-4)15-13-20)25(30)18-29(36(6,32)33)21-10-9-11-23(16-21)35-5/h9-16,19,24H,7-8,17-18H2,1-6H3,(H,27,31)/t19-,24-/m0/s1. The second-order valence-corrected chi connectivity index (χ2v) is 10.5. The minimum absolute atomic E-state index is 0.0613. The first-order chi connectivity index (χ1) is 17.0. The number of carbonyl (C=O) groups is 2. The summed E-state index contributed by atoms with van der Waals surface area (Å²) in [4.78, 5) is 28.3. The third-order valence-electron chi connectivity index (χ3n) is 5.92. The summed E-state index contributed by atoms with van der Waals surface area (Å²) in [5.74, 6) is 0.355. The first kappa shape index (κ1) is 29.0.